The molecule has 1 amide bonds. The van der Waals surface area contributed by atoms with Crippen molar-refractivity contribution >= 4 is 33.4 Å². The lowest BCUT2D eigenvalue weighted by molar-refractivity contribution is 0.0742. The van der Waals surface area contributed by atoms with Gasteiger partial charge in [-0.2, -0.15) is 0 Å². The van der Waals surface area contributed by atoms with Crippen LogP contribution in [0.1, 0.15) is 27.3 Å². The lowest BCUT2D eigenvalue weighted by atomic mass is 10.1. The number of aromatic nitrogens is 2. The van der Waals surface area contributed by atoms with Crippen LogP contribution in [0, 0.1) is 20.8 Å². The van der Waals surface area contributed by atoms with Gasteiger partial charge in [0.25, 0.3) is 5.91 Å². The SMILES string of the molecule is Cc1ccc(C)c(N2CCN(C(=O)c3cc4ccc5ccc(C)[nH]c5c4n3)CC2)c1. The van der Waals surface area contributed by atoms with Gasteiger partial charge in [-0.05, 0) is 50.1 Å². The van der Waals surface area contributed by atoms with Crippen LogP contribution in [0.4, 0.5) is 5.69 Å². The normalized spacial score (nSPS) is 14.6. The Morgan fingerprint density at radius 3 is 2.43 bits per heavy atom. The zero-order valence-electron chi connectivity index (χ0n) is 17.7. The summed E-state index contributed by atoms with van der Waals surface area (Å²) in [5, 5.41) is 2.11. The molecule has 2 aromatic carbocycles. The molecule has 0 spiro atoms. The Balaban J connectivity index is 1.38. The molecule has 4 aromatic rings. The predicted octanol–water partition coefficient (Wildman–Crippen LogP) is 4.60. The summed E-state index contributed by atoms with van der Waals surface area (Å²) >= 11 is 0. The number of hydrogen-bond acceptors (Lipinski definition) is 3. The van der Waals surface area contributed by atoms with E-state index in [1.165, 1.54) is 16.8 Å². The van der Waals surface area contributed by atoms with Gasteiger partial charge in [0.15, 0.2) is 0 Å². The molecule has 1 fully saturated rings. The number of pyridine rings is 1. The molecule has 0 saturated carbocycles. The van der Waals surface area contributed by atoms with Crippen LogP contribution in [0.25, 0.3) is 21.8 Å². The van der Waals surface area contributed by atoms with Crippen molar-refractivity contribution in [1.82, 2.24) is 14.9 Å². The highest BCUT2D eigenvalue weighted by Gasteiger charge is 2.25. The maximum atomic E-state index is 13.2. The van der Waals surface area contributed by atoms with E-state index in [1.54, 1.807) is 0 Å². The zero-order chi connectivity index (χ0) is 20.8. The summed E-state index contributed by atoms with van der Waals surface area (Å²) in [5.41, 5.74) is 7.29. The highest BCUT2D eigenvalue weighted by Crippen LogP contribution is 2.26. The molecule has 30 heavy (non-hydrogen) atoms. The molecule has 0 atom stereocenters. The maximum Gasteiger partial charge on any atom is 0.272 e. The Hall–Kier alpha value is -3.34. The molecule has 0 radical (unpaired) electrons. The van der Waals surface area contributed by atoms with Crippen LogP contribution in [-0.2, 0) is 0 Å². The van der Waals surface area contributed by atoms with E-state index >= 15 is 0 Å². The average molecular weight is 399 g/mol. The molecule has 2 aromatic heterocycles. The van der Waals surface area contributed by atoms with Gasteiger partial charge < -0.3 is 14.8 Å². The number of anilines is 1. The van der Waals surface area contributed by atoms with E-state index in [0.717, 1.165) is 40.6 Å². The van der Waals surface area contributed by atoms with Crippen molar-refractivity contribution in [3.63, 3.8) is 0 Å². The number of rotatable bonds is 2. The summed E-state index contributed by atoms with van der Waals surface area (Å²) in [6.07, 6.45) is 0. The monoisotopic (exact) mass is 398 g/mol. The van der Waals surface area contributed by atoms with Crippen molar-refractivity contribution in [3.05, 3.63) is 71.0 Å². The number of H-pyrrole nitrogens is 1. The lowest BCUT2D eigenvalue weighted by Crippen LogP contribution is -2.49. The molecular weight excluding hydrogens is 372 g/mol. The second-order valence-electron chi connectivity index (χ2n) is 8.32. The molecule has 5 rings (SSSR count). The number of benzene rings is 2. The minimum Gasteiger partial charge on any atom is -0.368 e. The maximum absolute atomic E-state index is 13.2. The van der Waals surface area contributed by atoms with Gasteiger partial charge in [-0.3, -0.25) is 4.79 Å². The van der Waals surface area contributed by atoms with Crippen molar-refractivity contribution in [2.24, 2.45) is 0 Å². The van der Waals surface area contributed by atoms with Crippen LogP contribution in [0.2, 0.25) is 0 Å². The first-order chi connectivity index (χ1) is 14.5. The van der Waals surface area contributed by atoms with Gasteiger partial charge in [-0.15, -0.1) is 0 Å². The van der Waals surface area contributed by atoms with E-state index in [-0.39, 0.29) is 5.91 Å². The second kappa shape index (κ2) is 7.17. The lowest BCUT2D eigenvalue weighted by Gasteiger charge is -2.36. The number of nitrogens with zero attached hydrogens (tertiary/aromatic N) is 3. The summed E-state index contributed by atoms with van der Waals surface area (Å²) in [4.78, 5) is 25.6. The number of amides is 1. The first-order valence-electron chi connectivity index (χ1n) is 10.5. The number of fused-ring (bicyclic) bond motifs is 3. The first kappa shape index (κ1) is 18.7. The summed E-state index contributed by atoms with van der Waals surface area (Å²) in [5.74, 6) is 0.0209. The van der Waals surface area contributed by atoms with E-state index < -0.39 is 0 Å². The standard InChI is InChI=1S/C25H26N4O/c1-16-4-5-17(2)22(14-16)28-10-12-29(13-11-28)25(30)21-15-20-9-8-19-7-6-18(3)26-23(19)24(20)27-21/h4-9,14-15,26H,10-13H2,1-3H3. The van der Waals surface area contributed by atoms with Crippen molar-refractivity contribution < 1.29 is 4.79 Å². The van der Waals surface area contributed by atoms with Gasteiger partial charge in [-0.1, -0.05) is 30.3 Å². The molecular formula is C25H26N4O. The molecule has 0 bridgehead atoms. The minimum atomic E-state index is 0.0209. The third-order valence-corrected chi connectivity index (χ3v) is 6.09. The molecule has 3 heterocycles. The Morgan fingerprint density at radius 2 is 1.63 bits per heavy atom. The number of hydrogen-bond donors (Lipinski definition) is 1. The average Bonchev–Trinajstić information content (AvgIpc) is 3.20. The fourth-order valence-corrected chi connectivity index (χ4v) is 4.37. The molecule has 1 saturated heterocycles. The molecule has 0 unspecified atom stereocenters. The van der Waals surface area contributed by atoms with Gasteiger partial charge in [0.1, 0.15) is 5.69 Å². The number of aromatic amines is 1. The largest absolute Gasteiger partial charge is 0.368 e. The fraction of sp³-hybridized carbons (Fsp3) is 0.280. The van der Waals surface area contributed by atoms with Gasteiger partial charge in [0, 0.05) is 48.3 Å². The predicted molar refractivity (Wildman–Crippen MR) is 122 cm³/mol. The fourth-order valence-electron chi connectivity index (χ4n) is 4.37. The highest BCUT2D eigenvalue weighted by atomic mass is 16.2. The van der Waals surface area contributed by atoms with Crippen LogP contribution in [0.3, 0.4) is 0 Å². The molecule has 1 aliphatic heterocycles. The van der Waals surface area contributed by atoms with E-state index in [9.17, 15) is 4.79 Å². The molecule has 1 aliphatic rings. The van der Waals surface area contributed by atoms with Crippen molar-refractivity contribution in [1.29, 1.82) is 0 Å². The van der Waals surface area contributed by atoms with Gasteiger partial charge in [-0.25, -0.2) is 4.98 Å². The molecule has 0 aliphatic carbocycles. The number of nitrogens with one attached hydrogen (secondary N) is 1. The third-order valence-electron chi connectivity index (χ3n) is 6.09. The quantitative estimate of drug-likeness (QED) is 0.537. The van der Waals surface area contributed by atoms with E-state index in [2.05, 4.69) is 60.1 Å². The zero-order valence-corrected chi connectivity index (χ0v) is 17.7. The third kappa shape index (κ3) is 3.20. The van der Waals surface area contributed by atoms with Crippen molar-refractivity contribution in [2.75, 3.05) is 31.1 Å². The number of piperazine rings is 1. The number of carbonyl (C=O) groups is 1. The Bertz CT molecular complexity index is 1270. The minimum absolute atomic E-state index is 0.0209. The topological polar surface area (TPSA) is 52.2 Å². The van der Waals surface area contributed by atoms with Gasteiger partial charge in [0.2, 0.25) is 0 Å². The van der Waals surface area contributed by atoms with Gasteiger partial charge in [0.05, 0.1) is 11.0 Å². The van der Waals surface area contributed by atoms with Crippen LogP contribution in [0.5, 0.6) is 0 Å². The Morgan fingerprint density at radius 1 is 0.900 bits per heavy atom. The van der Waals surface area contributed by atoms with Crippen molar-refractivity contribution in [2.45, 2.75) is 20.8 Å². The highest BCUT2D eigenvalue weighted by molar-refractivity contribution is 6.07. The number of carbonyl (C=O) groups excluding carboxylic acids is 1. The molecule has 5 nitrogen and oxygen atoms in total. The second-order valence-corrected chi connectivity index (χ2v) is 8.32. The molecule has 1 N–H and O–H groups in total. The summed E-state index contributed by atoms with van der Waals surface area (Å²) in [6, 6.07) is 16.7. The first-order valence-corrected chi connectivity index (χ1v) is 10.5. The Labute approximate surface area is 176 Å². The van der Waals surface area contributed by atoms with Crippen LogP contribution >= 0.6 is 0 Å². The van der Waals surface area contributed by atoms with Crippen molar-refractivity contribution in [3.8, 4) is 0 Å². The van der Waals surface area contributed by atoms with Crippen LogP contribution in [-0.4, -0.2) is 47.0 Å². The Kier molecular flexibility index (Phi) is 4.46. The van der Waals surface area contributed by atoms with Crippen LogP contribution in [0.15, 0.2) is 48.5 Å². The number of aryl methyl sites for hydroxylation is 3. The van der Waals surface area contributed by atoms with E-state index in [4.69, 9.17) is 4.98 Å². The van der Waals surface area contributed by atoms with E-state index in [1.807, 2.05) is 24.0 Å². The molecule has 152 valence electrons. The summed E-state index contributed by atoms with van der Waals surface area (Å²) in [6.45, 7) is 9.40. The molecule has 5 heteroatoms. The smallest absolute Gasteiger partial charge is 0.272 e. The summed E-state index contributed by atoms with van der Waals surface area (Å²) < 4.78 is 0. The summed E-state index contributed by atoms with van der Waals surface area (Å²) in [7, 11) is 0. The van der Waals surface area contributed by atoms with Gasteiger partial charge >= 0.3 is 0 Å². The van der Waals surface area contributed by atoms with E-state index in [0.29, 0.717) is 18.8 Å². The van der Waals surface area contributed by atoms with Crippen LogP contribution < -0.4 is 4.90 Å².